The van der Waals surface area contributed by atoms with Crippen LogP contribution in [0.3, 0.4) is 0 Å². The van der Waals surface area contributed by atoms with Gasteiger partial charge in [0.1, 0.15) is 5.82 Å². The Morgan fingerprint density at radius 1 is 1.00 bits per heavy atom. The normalized spacial score (nSPS) is 14.6. The maximum Gasteiger partial charge on any atom is 0.251 e. The van der Waals surface area contributed by atoms with Gasteiger partial charge in [-0.05, 0) is 102 Å². The van der Waals surface area contributed by atoms with E-state index in [9.17, 15) is 13.2 Å². The molecule has 0 saturated heterocycles. The maximum absolute atomic E-state index is 12.7. The minimum atomic E-state index is -3.64. The molecule has 0 radical (unpaired) electrons. The second kappa shape index (κ2) is 9.78. The number of carbonyl (C=O) groups is 1. The Hall–Kier alpha value is -2.50. The number of anilines is 1. The van der Waals surface area contributed by atoms with Gasteiger partial charge in [0, 0.05) is 21.4 Å². The minimum absolute atomic E-state index is 0.223. The quantitative estimate of drug-likeness (QED) is 0.339. The first-order chi connectivity index (χ1) is 15.7. The smallest absolute Gasteiger partial charge is 0.251 e. The van der Waals surface area contributed by atoms with Gasteiger partial charge < -0.3 is 11.1 Å². The molecule has 0 unspecified atom stereocenters. The fraction of sp³-hybridized carbons (Fsp3) is 0.250. The van der Waals surface area contributed by atoms with Gasteiger partial charge in [0.2, 0.25) is 10.0 Å². The predicted octanol–water partition coefficient (Wildman–Crippen LogP) is 3.29. The molecule has 2 aromatic carbocycles. The summed E-state index contributed by atoms with van der Waals surface area (Å²) < 4.78 is 29.1. The molecule has 7 nitrogen and oxygen atoms in total. The lowest BCUT2D eigenvalue weighted by Gasteiger charge is -2.18. The summed E-state index contributed by atoms with van der Waals surface area (Å²) in [5.74, 6) is 0.285. The third-order valence-electron chi connectivity index (χ3n) is 5.63. The molecule has 1 aliphatic carbocycles. The van der Waals surface area contributed by atoms with Crippen LogP contribution in [-0.4, -0.2) is 31.4 Å². The molecule has 1 amide bonds. The van der Waals surface area contributed by atoms with Crippen molar-refractivity contribution >= 4 is 44.3 Å². The van der Waals surface area contributed by atoms with Gasteiger partial charge in [-0.2, -0.15) is 0 Å². The number of aromatic nitrogens is 1. The summed E-state index contributed by atoms with van der Waals surface area (Å²) in [5.41, 5.74) is 7.66. The Morgan fingerprint density at radius 2 is 1.70 bits per heavy atom. The summed E-state index contributed by atoms with van der Waals surface area (Å²) >= 11 is 2.13. The number of benzene rings is 2. The summed E-state index contributed by atoms with van der Waals surface area (Å²) in [6.07, 6.45) is 2.93. The van der Waals surface area contributed by atoms with E-state index in [4.69, 9.17) is 5.73 Å². The number of hydrogen-bond donors (Lipinski definition) is 3. The summed E-state index contributed by atoms with van der Waals surface area (Å²) in [6, 6.07) is 19.7. The van der Waals surface area contributed by atoms with Crippen molar-refractivity contribution in [1.29, 1.82) is 0 Å². The van der Waals surface area contributed by atoms with E-state index in [2.05, 4.69) is 37.6 Å². The molecule has 0 spiro atoms. The van der Waals surface area contributed by atoms with Crippen LogP contribution in [-0.2, 0) is 22.9 Å². The van der Waals surface area contributed by atoms with E-state index in [1.165, 1.54) is 0 Å². The number of pyridine rings is 1. The fourth-order valence-electron chi connectivity index (χ4n) is 3.51. The highest BCUT2D eigenvalue weighted by Gasteiger charge is 2.46. The van der Waals surface area contributed by atoms with Crippen molar-refractivity contribution < 1.29 is 13.2 Å². The average molecular weight is 576 g/mol. The first-order valence-corrected chi connectivity index (χ1v) is 13.2. The summed E-state index contributed by atoms with van der Waals surface area (Å²) in [6.45, 7) is 0.248. The zero-order valence-electron chi connectivity index (χ0n) is 17.9. The van der Waals surface area contributed by atoms with Crippen molar-refractivity contribution in [3.05, 3.63) is 87.1 Å². The third kappa shape index (κ3) is 6.30. The van der Waals surface area contributed by atoms with Crippen LogP contribution in [0, 0.1) is 3.57 Å². The Labute approximate surface area is 207 Å². The number of nitrogens with zero attached hydrogens (tertiary/aromatic N) is 1. The van der Waals surface area contributed by atoms with Crippen molar-refractivity contribution in [2.45, 2.75) is 36.1 Å². The van der Waals surface area contributed by atoms with Crippen LogP contribution in [0.15, 0.2) is 71.6 Å². The van der Waals surface area contributed by atoms with Crippen molar-refractivity contribution in [3.63, 3.8) is 0 Å². The lowest BCUT2D eigenvalue weighted by atomic mass is 10.1. The fourth-order valence-corrected chi connectivity index (χ4v) is 5.33. The molecule has 0 bridgehead atoms. The Bertz CT molecular complexity index is 1240. The molecule has 0 atom stereocenters. The molecule has 1 fully saturated rings. The molecular weight excluding hydrogens is 551 g/mol. The highest BCUT2D eigenvalue weighted by Crippen LogP contribution is 2.36. The number of nitrogen functional groups attached to an aromatic ring is 1. The average Bonchev–Trinajstić information content (AvgIpc) is 3.55. The van der Waals surface area contributed by atoms with Gasteiger partial charge in [0.15, 0.2) is 0 Å². The van der Waals surface area contributed by atoms with Crippen molar-refractivity contribution in [3.8, 4) is 0 Å². The predicted molar refractivity (Wildman–Crippen MR) is 136 cm³/mol. The van der Waals surface area contributed by atoms with Crippen molar-refractivity contribution in [1.82, 2.24) is 15.0 Å². The summed E-state index contributed by atoms with van der Waals surface area (Å²) in [4.78, 5) is 17.1. The van der Waals surface area contributed by atoms with Crippen molar-refractivity contribution in [2.24, 2.45) is 0 Å². The van der Waals surface area contributed by atoms with Crippen LogP contribution in [0.1, 0.15) is 34.5 Å². The molecule has 4 N–H and O–H groups in total. The molecule has 33 heavy (non-hydrogen) atoms. The van der Waals surface area contributed by atoms with Gasteiger partial charge in [-0.3, -0.25) is 4.79 Å². The number of nitrogens with one attached hydrogen (secondary N) is 2. The zero-order valence-corrected chi connectivity index (χ0v) is 20.9. The van der Waals surface area contributed by atoms with Gasteiger partial charge in [-0.15, -0.1) is 0 Å². The van der Waals surface area contributed by atoms with Gasteiger partial charge in [-0.1, -0.05) is 18.2 Å². The lowest BCUT2D eigenvalue weighted by Crippen LogP contribution is -2.45. The Kier molecular flexibility index (Phi) is 7.01. The molecule has 1 saturated carbocycles. The molecule has 1 aliphatic rings. The Morgan fingerprint density at radius 3 is 2.33 bits per heavy atom. The maximum atomic E-state index is 12.7. The van der Waals surface area contributed by atoms with Crippen LogP contribution in [0.25, 0.3) is 0 Å². The second-order valence-corrected chi connectivity index (χ2v) is 11.2. The minimum Gasteiger partial charge on any atom is -0.384 e. The summed E-state index contributed by atoms with van der Waals surface area (Å²) in [5, 5.41) is 2.88. The van der Waals surface area contributed by atoms with E-state index < -0.39 is 15.6 Å². The third-order valence-corrected chi connectivity index (χ3v) is 7.94. The van der Waals surface area contributed by atoms with Crippen molar-refractivity contribution in [2.75, 3.05) is 12.3 Å². The molecule has 0 aliphatic heterocycles. The van der Waals surface area contributed by atoms with E-state index in [1.807, 2.05) is 24.3 Å². The highest BCUT2D eigenvalue weighted by molar-refractivity contribution is 14.1. The van der Waals surface area contributed by atoms with E-state index in [1.54, 1.807) is 42.5 Å². The van der Waals surface area contributed by atoms with Gasteiger partial charge in [-0.25, -0.2) is 18.1 Å². The van der Waals surface area contributed by atoms with Crippen LogP contribution >= 0.6 is 22.6 Å². The van der Waals surface area contributed by atoms with Crippen LogP contribution in [0.2, 0.25) is 0 Å². The number of rotatable bonds is 9. The standard InChI is InChI=1S/C24H25IN4O3S/c25-19-9-12-21(13-10-19)33(31,32)29-24(14-15-24)16-27-23(30)18-7-4-17(5-8-18)6-11-20-2-1-3-22(26)28-20/h1-5,7-10,12-13,29H,6,11,14-16H2,(H2,26,28)(H,27,30). The van der Waals surface area contributed by atoms with E-state index in [-0.39, 0.29) is 17.3 Å². The van der Waals surface area contributed by atoms with Gasteiger partial charge in [0.25, 0.3) is 5.91 Å². The van der Waals surface area contributed by atoms with E-state index in [0.29, 0.717) is 24.2 Å². The number of amides is 1. The van der Waals surface area contributed by atoms with Crippen LogP contribution in [0.4, 0.5) is 5.82 Å². The number of nitrogens with two attached hydrogens (primary N) is 1. The van der Waals surface area contributed by atoms with E-state index >= 15 is 0 Å². The molecule has 1 heterocycles. The topological polar surface area (TPSA) is 114 Å². The largest absolute Gasteiger partial charge is 0.384 e. The number of aryl methyl sites for hydroxylation is 2. The van der Waals surface area contributed by atoms with Gasteiger partial charge in [0.05, 0.1) is 10.4 Å². The molecule has 4 rings (SSSR count). The monoisotopic (exact) mass is 576 g/mol. The highest BCUT2D eigenvalue weighted by atomic mass is 127. The number of hydrogen-bond acceptors (Lipinski definition) is 5. The molecule has 3 aromatic rings. The van der Waals surface area contributed by atoms with Crippen LogP contribution < -0.4 is 15.8 Å². The first-order valence-electron chi connectivity index (χ1n) is 10.6. The first kappa shape index (κ1) is 23.7. The molecule has 172 valence electrons. The number of sulfonamides is 1. The number of halogens is 1. The lowest BCUT2D eigenvalue weighted by molar-refractivity contribution is 0.0949. The summed E-state index contributed by atoms with van der Waals surface area (Å²) in [7, 11) is -3.64. The SMILES string of the molecule is Nc1cccc(CCc2ccc(C(=O)NCC3(NS(=O)(=O)c4ccc(I)cc4)CC3)cc2)n1. The molecular formula is C24H25IN4O3S. The molecule has 1 aromatic heterocycles. The second-order valence-electron chi connectivity index (χ2n) is 8.27. The zero-order chi connectivity index (χ0) is 23.5. The van der Waals surface area contributed by atoms with Gasteiger partial charge >= 0.3 is 0 Å². The van der Waals surface area contributed by atoms with Crippen LogP contribution in [0.5, 0.6) is 0 Å². The Balaban J connectivity index is 1.30. The molecule has 9 heteroatoms. The number of carbonyl (C=O) groups excluding carboxylic acids is 1. The van der Waals surface area contributed by atoms with E-state index in [0.717, 1.165) is 27.7 Å².